The average molecular weight is 156 g/mol. The first kappa shape index (κ1) is 10.2. The molecule has 0 saturated heterocycles. The summed E-state index contributed by atoms with van der Waals surface area (Å²) in [6.45, 7) is 14.4. The monoisotopic (exact) mass is 156 g/mol. The molecule has 0 radical (unpaired) electrons. The highest BCUT2D eigenvalue weighted by Gasteiger charge is 2.06. The Morgan fingerprint density at radius 3 is 1.60 bits per heavy atom. The molecular formula is C8H18BP. The number of hydrogen-bond acceptors (Lipinski definition) is 0. The van der Waals surface area contributed by atoms with Crippen molar-refractivity contribution in [2.75, 3.05) is 13.3 Å². The van der Waals surface area contributed by atoms with Crippen LogP contribution < -0.4 is 0 Å². The largest absolute Gasteiger partial charge is 0.164 e. The van der Waals surface area contributed by atoms with E-state index in [1.165, 1.54) is 0 Å². The Morgan fingerprint density at radius 2 is 1.50 bits per heavy atom. The SMILES string of the molecule is CB(C)/C(C)=C(\C)P(C)C. The van der Waals surface area contributed by atoms with Crippen molar-refractivity contribution in [1.29, 1.82) is 0 Å². The lowest BCUT2D eigenvalue weighted by Gasteiger charge is -2.12. The Labute approximate surface area is 66.9 Å². The molecule has 0 bridgehead atoms. The maximum Gasteiger partial charge on any atom is 0.164 e. The smallest absolute Gasteiger partial charge is 0.101 e. The minimum atomic E-state index is 0.146. The van der Waals surface area contributed by atoms with Crippen molar-refractivity contribution >= 4 is 14.6 Å². The van der Waals surface area contributed by atoms with E-state index in [1.54, 1.807) is 10.8 Å². The van der Waals surface area contributed by atoms with Crippen LogP contribution >= 0.6 is 7.92 Å². The molecule has 0 aliphatic rings. The summed E-state index contributed by atoms with van der Waals surface area (Å²) in [4.78, 5) is 0. The van der Waals surface area contributed by atoms with Gasteiger partial charge in [-0.25, -0.2) is 0 Å². The van der Waals surface area contributed by atoms with Crippen LogP contribution in [0.25, 0.3) is 0 Å². The lowest BCUT2D eigenvalue weighted by molar-refractivity contribution is 1.49. The van der Waals surface area contributed by atoms with Crippen molar-refractivity contribution < 1.29 is 0 Å². The van der Waals surface area contributed by atoms with Crippen LogP contribution in [0.3, 0.4) is 0 Å². The molecule has 0 unspecified atom stereocenters. The third-order valence-corrected chi connectivity index (χ3v) is 3.80. The zero-order valence-corrected chi connectivity index (χ0v) is 8.92. The molecule has 0 fully saturated rings. The molecule has 0 N–H and O–H groups in total. The minimum Gasteiger partial charge on any atom is -0.101 e. The van der Waals surface area contributed by atoms with E-state index < -0.39 is 0 Å². The molecule has 2 heteroatoms. The van der Waals surface area contributed by atoms with Crippen molar-refractivity contribution in [3.63, 3.8) is 0 Å². The maximum atomic E-state index is 2.32. The van der Waals surface area contributed by atoms with Crippen LogP contribution in [0.15, 0.2) is 10.8 Å². The second-order valence-electron chi connectivity index (χ2n) is 3.32. The molecule has 0 aromatic heterocycles. The van der Waals surface area contributed by atoms with Crippen LogP contribution in [0.1, 0.15) is 13.8 Å². The maximum absolute atomic E-state index is 2.32. The van der Waals surface area contributed by atoms with E-state index in [0.29, 0.717) is 0 Å². The van der Waals surface area contributed by atoms with E-state index in [0.717, 1.165) is 6.71 Å². The third kappa shape index (κ3) is 2.88. The summed E-state index contributed by atoms with van der Waals surface area (Å²) in [6.07, 6.45) is 0. The normalized spacial score (nSPS) is 13.5. The summed E-state index contributed by atoms with van der Waals surface area (Å²) >= 11 is 0. The van der Waals surface area contributed by atoms with Crippen LogP contribution in [-0.4, -0.2) is 20.0 Å². The Balaban J connectivity index is 4.34. The van der Waals surface area contributed by atoms with E-state index in [1.807, 2.05) is 0 Å². The molecule has 0 aliphatic heterocycles. The van der Waals surface area contributed by atoms with Crippen LogP contribution in [0, 0.1) is 0 Å². The van der Waals surface area contributed by atoms with Crippen LogP contribution in [0.4, 0.5) is 0 Å². The summed E-state index contributed by atoms with van der Waals surface area (Å²) in [7, 11) is 0.146. The van der Waals surface area contributed by atoms with Gasteiger partial charge in [0.25, 0.3) is 0 Å². The summed E-state index contributed by atoms with van der Waals surface area (Å²) in [5.74, 6) is 0. The van der Waals surface area contributed by atoms with E-state index in [9.17, 15) is 0 Å². The van der Waals surface area contributed by atoms with Crippen LogP contribution in [-0.2, 0) is 0 Å². The minimum absolute atomic E-state index is 0.146. The second kappa shape index (κ2) is 4.18. The van der Waals surface area contributed by atoms with Gasteiger partial charge in [0.1, 0.15) is 0 Å². The van der Waals surface area contributed by atoms with Gasteiger partial charge in [0.2, 0.25) is 0 Å². The molecule has 0 heterocycles. The van der Waals surface area contributed by atoms with E-state index >= 15 is 0 Å². The number of hydrogen-bond donors (Lipinski definition) is 0. The second-order valence-corrected chi connectivity index (χ2v) is 5.78. The van der Waals surface area contributed by atoms with Gasteiger partial charge in [-0.05, 0) is 20.3 Å². The van der Waals surface area contributed by atoms with Gasteiger partial charge in [0.15, 0.2) is 6.71 Å². The van der Waals surface area contributed by atoms with Gasteiger partial charge in [-0.2, -0.15) is 0 Å². The molecule has 10 heavy (non-hydrogen) atoms. The Kier molecular flexibility index (Phi) is 4.28. The van der Waals surface area contributed by atoms with Gasteiger partial charge < -0.3 is 0 Å². The molecule has 0 saturated carbocycles. The molecule has 0 aromatic carbocycles. The topological polar surface area (TPSA) is 0 Å². The standard InChI is InChI=1S/C8H18BP/c1-7(9(3)4)8(2)10(5)6/h1-6H3/b8-7+. The molecule has 0 nitrogen and oxygen atoms in total. The summed E-state index contributed by atoms with van der Waals surface area (Å²) in [6, 6.07) is 0. The van der Waals surface area contributed by atoms with Gasteiger partial charge >= 0.3 is 0 Å². The number of allylic oxidation sites excluding steroid dienone is 2. The van der Waals surface area contributed by atoms with Crippen molar-refractivity contribution in [2.24, 2.45) is 0 Å². The highest BCUT2D eigenvalue weighted by molar-refractivity contribution is 7.60. The van der Waals surface area contributed by atoms with Crippen molar-refractivity contribution in [2.45, 2.75) is 27.5 Å². The summed E-state index contributed by atoms with van der Waals surface area (Å²) < 4.78 is 0. The average Bonchev–Trinajstić information content (AvgIpc) is 1.84. The van der Waals surface area contributed by atoms with Gasteiger partial charge in [-0.1, -0.05) is 33.8 Å². The first-order valence-electron chi connectivity index (χ1n) is 3.81. The van der Waals surface area contributed by atoms with Gasteiger partial charge in [0.05, 0.1) is 0 Å². The lowest BCUT2D eigenvalue weighted by atomic mass is 9.49. The molecule has 0 amide bonds. The Hall–Kier alpha value is 0.235. The van der Waals surface area contributed by atoms with Gasteiger partial charge in [-0.15, -0.1) is 5.47 Å². The molecule has 0 spiro atoms. The molecule has 0 rings (SSSR count). The van der Waals surface area contributed by atoms with Crippen LogP contribution in [0.2, 0.25) is 13.6 Å². The zero-order chi connectivity index (χ0) is 8.31. The molecule has 0 aliphatic carbocycles. The van der Waals surface area contributed by atoms with Crippen molar-refractivity contribution in [3.8, 4) is 0 Å². The van der Waals surface area contributed by atoms with Crippen molar-refractivity contribution in [3.05, 3.63) is 10.8 Å². The van der Waals surface area contributed by atoms with E-state index in [-0.39, 0.29) is 7.92 Å². The number of rotatable bonds is 2. The van der Waals surface area contributed by atoms with Crippen LogP contribution in [0.5, 0.6) is 0 Å². The predicted octanol–water partition coefficient (Wildman–Crippen LogP) is 3.32. The Morgan fingerprint density at radius 1 is 1.10 bits per heavy atom. The van der Waals surface area contributed by atoms with E-state index in [4.69, 9.17) is 0 Å². The highest BCUT2D eigenvalue weighted by Crippen LogP contribution is 2.38. The van der Waals surface area contributed by atoms with Crippen molar-refractivity contribution in [1.82, 2.24) is 0 Å². The molecular weight excluding hydrogens is 138 g/mol. The molecule has 0 atom stereocenters. The fourth-order valence-electron chi connectivity index (χ4n) is 0.770. The summed E-state index contributed by atoms with van der Waals surface area (Å²) in [5.41, 5.74) is 1.58. The van der Waals surface area contributed by atoms with Gasteiger partial charge in [0, 0.05) is 0 Å². The third-order valence-electron chi connectivity index (χ3n) is 2.11. The fraction of sp³-hybridized carbons (Fsp3) is 0.750. The highest BCUT2D eigenvalue weighted by atomic mass is 31.1. The van der Waals surface area contributed by atoms with E-state index in [2.05, 4.69) is 40.8 Å². The summed E-state index contributed by atoms with van der Waals surface area (Å²) in [5, 5.41) is 1.62. The quantitative estimate of drug-likeness (QED) is 0.425. The predicted molar refractivity (Wildman–Crippen MR) is 54.6 cm³/mol. The molecule has 0 aromatic rings. The van der Waals surface area contributed by atoms with Gasteiger partial charge in [-0.3, -0.25) is 0 Å². The fourth-order valence-corrected chi connectivity index (χ4v) is 1.73. The first-order chi connectivity index (χ1) is 4.46. The first-order valence-corrected chi connectivity index (χ1v) is 6.05. The Bertz CT molecular complexity index is 120. The lowest BCUT2D eigenvalue weighted by Crippen LogP contribution is -2.03. The zero-order valence-electron chi connectivity index (χ0n) is 8.02. The molecule has 58 valence electrons.